The average Bonchev–Trinajstić information content (AvgIpc) is 2.62. The van der Waals surface area contributed by atoms with E-state index in [0.717, 1.165) is 31.1 Å². The fourth-order valence-corrected chi connectivity index (χ4v) is 4.83. The second-order valence-electron chi connectivity index (χ2n) is 7.38. The van der Waals surface area contributed by atoms with Gasteiger partial charge in [0.1, 0.15) is 0 Å². The van der Waals surface area contributed by atoms with Crippen molar-refractivity contribution < 1.29 is 13.2 Å². The highest BCUT2D eigenvalue weighted by Gasteiger charge is 2.36. The normalized spacial score (nSPS) is 16.6. The van der Waals surface area contributed by atoms with Gasteiger partial charge in [-0.05, 0) is 36.7 Å². The van der Waals surface area contributed by atoms with E-state index in [1.807, 2.05) is 30.3 Å². The summed E-state index contributed by atoms with van der Waals surface area (Å²) in [6.45, 7) is 2.24. The van der Waals surface area contributed by atoms with Crippen molar-refractivity contribution in [3.63, 3.8) is 0 Å². The van der Waals surface area contributed by atoms with Crippen molar-refractivity contribution >= 4 is 15.8 Å². The van der Waals surface area contributed by atoms with Gasteiger partial charge in [0.15, 0.2) is 15.8 Å². The predicted molar refractivity (Wildman–Crippen MR) is 111 cm³/mol. The van der Waals surface area contributed by atoms with Crippen molar-refractivity contribution in [3.8, 4) is 0 Å². The first kappa shape index (κ1) is 21.7. The molecule has 6 nitrogen and oxygen atoms in total. The third kappa shape index (κ3) is 7.50. The number of guanidine groups is 1. The van der Waals surface area contributed by atoms with E-state index in [4.69, 9.17) is 4.74 Å². The zero-order valence-electron chi connectivity index (χ0n) is 16.5. The number of hydrogen-bond acceptors (Lipinski definition) is 4. The van der Waals surface area contributed by atoms with Crippen LogP contribution in [-0.4, -0.2) is 54.0 Å². The molecule has 0 saturated heterocycles. The lowest BCUT2D eigenvalue weighted by atomic mass is 9.67. The summed E-state index contributed by atoms with van der Waals surface area (Å²) in [6.07, 6.45) is 5.34. The minimum atomic E-state index is -3.09. The van der Waals surface area contributed by atoms with E-state index in [9.17, 15) is 8.42 Å². The Morgan fingerprint density at radius 3 is 2.56 bits per heavy atom. The highest BCUT2D eigenvalue weighted by Crippen LogP contribution is 2.43. The Bertz CT molecular complexity index is 686. The Morgan fingerprint density at radius 2 is 1.96 bits per heavy atom. The van der Waals surface area contributed by atoms with Crippen molar-refractivity contribution in [2.45, 2.75) is 37.9 Å². The summed E-state index contributed by atoms with van der Waals surface area (Å²) in [6, 6.07) is 9.32. The van der Waals surface area contributed by atoms with Crippen LogP contribution in [0.3, 0.4) is 0 Å². The van der Waals surface area contributed by atoms with Crippen LogP contribution in [0.15, 0.2) is 35.3 Å². The molecule has 0 aliphatic heterocycles. The molecule has 0 heterocycles. The molecule has 1 saturated carbocycles. The molecule has 0 spiro atoms. The molecule has 2 rings (SSSR count). The van der Waals surface area contributed by atoms with Crippen LogP contribution in [0.1, 0.15) is 37.7 Å². The molecule has 1 aliphatic carbocycles. The second-order valence-corrected chi connectivity index (χ2v) is 9.56. The van der Waals surface area contributed by atoms with Gasteiger partial charge in [-0.1, -0.05) is 36.8 Å². The molecule has 1 aromatic carbocycles. The molecule has 1 aromatic rings. The SMILES string of the molecule is CN=C(NCCCS(=O)(=O)Cc1ccccc1)NCC1(CCOC)CCC1. The Morgan fingerprint density at radius 1 is 1.22 bits per heavy atom. The van der Waals surface area contributed by atoms with E-state index in [1.165, 1.54) is 19.3 Å². The van der Waals surface area contributed by atoms with Crippen LogP contribution < -0.4 is 10.6 Å². The number of methoxy groups -OCH3 is 1. The molecule has 1 aliphatic rings. The zero-order chi connectivity index (χ0) is 19.6. The van der Waals surface area contributed by atoms with Crippen LogP contribution in [0.4, 0.5) is 0 Å². The topological polar surface area (TPSA) is 79.8 Å². The van der Waals surface area contributed by atoms with Gasteiger partial charge in [0, 0.05) is 33.9 Å². The first-order valence-corrected chi connectivity index (χ1v) is 11.5. The van der Waals surface area contributed by atoms with Crippen LogP contribution in [0.25, 0.3) is 0 Å². The molecule has 2 N–H and O–H groups in total. The molecule has 0 radical (unpaired) electrons. The molecule has 0 aromatic heterocycles. The zero-order valence-corrected chi connectivity index (χ0v) is 17.4. The van der Waals surface area contributed by atoms with Gasteiger partial charge < -0.3 is 15.4 Å². The van der Waals surface area contributed by atoms with Gasteiger partial charge in [0.25, 0.3) is 0 Å². The first-order valence-electron chi connectivity index (χ1n) is 9.66. The highest BCUT2D eigenvalue weighted by atomic mass is 32.2. The van der Waals surface area contributed by atoms with Crippen molar-refractivity contribution in [2.24, 2.45) is 10.4 Å². The van der Waals surface area contributed by atoms with Gasteiger partial charge in [-0.15, -0.1) is 0 Å². The number of aliphatic imine (C=N–C) groups is 1. The van der Waals surface area contributed by atoms with E-state index in [2.05, 4.69) is 15.6 Å². The van der Waals surface area contributed by atoms with E-state index >= 15 is 0 Å². The Hall–Kier alpha value is -1.60. The van der Waals surface area contributed by atoms with Crippen molar-refractivity contribution in [3.05, 3.63) is 35.9 Å². The maximum atomic E-state index is 12.2. The number of benzene rings is 1. The molecular weight excluding hydrogens is 362 g/mol. The Balaban J connectivity index is 1.68. The van der Waals surface area contributed by atoms with Crippen LogP contribution in [0, 0.1) is 5.41 Å². The van der Waals surface area contributed by atoms with Crippen LogP contribution in [-0.2, 0) is 20.3 Å². The molecule has 0 atom stereocenters. The number of hydrogen-bond donors (Lipinski definition) is 2. The molecule has 7 heteroatoms. The summed E-state index contributed by atoms with van der Waals surface area (Å²) in [5, 5.41) is 6.62. The van der Waals surface area contributed by atoms with Gasteiger partial charge in [0.05, 0.1) is 11.5 Å². The molecule has 0 bridgehead atoms. The lowest BCUT2D eigenvalue weighted by molar-refractivity contribution is 0.0732. The highest BCUT2D eigenvalue weighted by molar-refractivity contribution is 7.90. The average molecular weight is 396 g/mol. The maximum Gasteiger partial charge on any atom is 0.190 e. The van der Waals surface area contributed by atoms with E-state index in [0.29, 0.717) is 18.4 Å². The minimum absolute atomic E-state index is 0.100. The van der Waals surface area contributed by atoms with Crippen molar-refractivity contribution in [1.82, 2.24) is 10.6 Å². The standard InChI is InChI=1S/C20H33N3O3S/c1-21-19(23-17-20(10-6-11-20)12-14-26-2)22-13-7-15-27(24,25)16-18-8-4-3-5-9-18/h3-5,8-9H,6-7,10-17H2,1-2H3,(H2,21,22,23). The molecule has 27 heavy (non-hydrogen) atoms. The number of ether oxygens (including phenoxy) is 1. The summed E-state index contributed by atoms with van der Waals surface area (Å²) in [5.74, 6) is 1.01. The summed E-state index contributed by atoms with van der Waals surface area (Å²) in [4.78, 5) is 4.25. The fraction of sp³-hybridized carbons (Fsp3) is 0.650. The van der Waals surface area contributed by atoms with Gasteiger partial charge in [-0.25, -0.2) is 8.42 Å². The predicted octanol–water partition coefficient (Wildman–Crippen LogP) is 2.36. The largest absolute Gasteiger partial charge is 0.385 e. The monoisotopic (exact) mass is 395 g/mol. The summed E-state index contributed by atoms with van der Waals surface area (Å²) >= 11 is 0. The number of sulfone groups is 1. The molecule has 0 amide bonds. The van der Waals surface area contributed by atoms with E-state index < -0.39 is 9.84 Å². The summed E-state index contributed by atoms with van der Waals surface area (Å²) < 4.78 is 29.7. The van der Waals surface area contributed by atoms with E-state index in [-0.39, 0.29) is 11.5 Å². The Kier molecular flexibility index (Phi) is 8.57. The fourth-order valence-electron chi connectivity index (χ4n) is 3.40. The van der Waals surface area contributed by atoms with Crippen molar-refractivity contribution in [1.29, 1.82) is 0 Å². The first-order chi connectivity index (χ1) is 13.0. The number of nitrogens with one attached hydrogen (secondary N) is 2. The number of rotatable bonds is 11. The maximum absolute atomic E-state index is 12.2. The molecule has 1 fully saturated rings. The molecule has 0 unspecified atom stereocenters. The lowest BCUT2D eigenvalue weighted by Gasteiger charge is -2.42. The molecule has 152 valence electrons. The summed E-state index contributed by atoms with van der Waals surface area (Å²) in [7, 11) is 0.388. The summed E-state index contributed by atoms with van der Waals surface area (Å²) in [5.41, 5.74) is 1.15. The van der Waals surface area contributed by atoms with E-state index in [1.54, 1.807) is 14.2 Å². The minimum Gasteiger partial charge on any atom is -0.385 e. The van der Waals surface area contributed by atoms with Gasteiger partial charge in [-0.2, -0.15) is 0 Å². The molecular formula is C20H33N3O3S. The third-order valence-electron chi connectivity index (χ3n) is 5.26. The smallest absolute Gasteiger partial charge is 0.190 e. The van der Waals surface area contributed by atoms with Crippen molar-refractivity contribution in [2.75, 3.05) is 39.6 Å². The van der Waals surface area contributed by atoms with Crippen LogP contribution in [0.2, 0.25) is 0 Å². The number of nitrogens with zero attached hydrogens (tertiary/aromatic N) is 1. The quantitative estimate of drug-likeness (QED) is 0.342. The lowest BCUT2D eigenvalue weighted by Crippen LogP contribution is -2.47. The van der Waals surface area contributed by atoms with Crippen LogP contribution >= 0.6 is 0 Å². The second kappa shape index (κ2) is 10.7. The van der Waals surface area contributed by atoms with Gasteiger partial charge in [-0.3, -0.25) is 4.99 Å². The van der Waals surface area contributed by atoms with Gasteiger partial charge in [0.2, 0.25) is 0 Å². The van der Waals surface area contributed by atoms with Gasteiger partial charge >= 0.3 is 0 Å². The van der Waals surface area contributed by atoms with Crippen LogP contribution in [0.5, 0.6) is 0 Å². The third-order valence-corrected chi connectivity index (χ3v) is 6.94. The Labute approximate surface area is 163 Å².